The standard InChI is InChI=1S/C15H24N4O2S.HI/c1-19(2)14(20)11-17-15(16-10-13-4-3-9-22-13)18-12-5-7-21-8-6-12;/h3-4,9,12H,5-8,10-11H2,1-2H3,(H2,16,17,18);1H. The second kappa shape index (κ2) is 10.8. The molecule has 6 nitrogen and oxygen atoms in total. The maximum absolute atomic E-state index is 11.7. The van der Waals surface area contributed by atoms with Gasteiger partial charge >= 0.3 is 0 Å². The van der Waals surface area contributed by atoms with E-state index in [4.69, 9.17) is 4.74 Å². The molecule has 0 atom stereocenters. The lowest BCUT2D eigenvalue weighted by atomic mass is 10.1. The predicted octanol–water partition coefficient (Wildman–Crippen LogP) is 1.67. The molecule has 0 radical (unpaired) electrons. The van der Waals surface area contributed by atoms with Gasteiger partial charge in [-0.1, -0.05) is 6.07 Å². The summed E-state index contributed by atoms with van der Waals surface area (Å²) in [5.41, 5.74) is 0. The zero-order valence-corrected chi connectivity index (χ0v) is 16.7. The van der Waals surface area contributed by atoms with Crippen LogP contribution in [0.2, 0.25) is 0 Å². The van der Waals surface area contributed by atoms with E-state index in [1.54, 1.807) is 30.3 Å². The lowest BCUT2D eigenvalue weighted by Crippen LogP contribution is -2.45. The average molecular weight is 452 g/mol. The first-order chi connectivity index (χ1) is 10.6. The van der Waals surface area contributed by atoms with Crippen LogP contribution in [-0.2, 0) is 16.1 Å². The van der Waals surface area contributed by atoms with Gasteiger partial charge in [0.15, 0.2) is 5.96 Å². The number of ether oxygens (including phenoxy) is 1. The normalized spacial score (nSPS) is 15.7. The third kappa shape index (κ3) is 7.49. The Labute approximate surface area is 158 Å². The molecule has 1 aromatic rings. The van der Waals surface area contributed by atoms with E-state index in [0.29, 0.717) is 18.5 Å². The van der Waals surface area contributed by atoms with Crippen molar-refractivity contribution in [1.82, 2.24) is 15.5 Å². The molecule has 8 heteroatoms. The molecule has 0 bridgehead atoms. The zero-order valence-electron chi connectivity index (χ0n) is 13.6. The average Bonchev–Trinajstić information content (AvgIpc) is 3.04. The Hall–Kier alpha value is -0.870. The van der Waals surface area contributed by atoms with Gasteiger partial charge in [-0.25, -0.2) is 4.99 Å². The number of guanidine groups is 1. The Morgan fingerprint density at radius 2 is 2.17 bits per heavy atom. The van der Waals surface area contributed by atoms with Crippen molar-refractivity contribution in [1.29, 1.82) is 0 Å². The molecule has 0 unspecified atom stereocenters. The fourth-order valence-corrected chi connectivity index (χ4v) is 2.70. The van der Waals surface area contributed by atoms with Gasteiger partial charge in [0.25, 0.3) is 0 Å². The third-order valence-corrected chi connectivity index (χ3v) is 4.32. The van der Waals surface area contributed by atoms with Crippen molar-refractivity contribution in [2.75, 3.05) is 33.9 Å². The van der Waals surface area contributed by atoms with Crippen molar-refractivity contribution in [2.45, 2.75) is 25.4 Å². The molecule has 0 aliphatic carbocycles. The van der Waals surface area contributed by atoms with Crippen LogP contribution < -0.4 is 10.6 Å². The fraction of sp³-hybridized carbons (Fsp3) is 0.600. The summed E-state index contributed by atoms with van der Waals surface area (Å²) in [6.07, 6.45) is 1.92. The van der Waals surface area contributed by atoms with Gasteiger partial charge in [-0.15, -0.1) is 35.3 Å². The van der Waals surface area contributed by atoms with Crippen LogP contribution in [0.25, 0.3) is 0 Å². The van der Waals surface area contributed by atoms with E-state index in [-0.39, 0.29) is 36.4 Å². The molecule has 1 fully saturated rings. The van der Waals surface area contributed by atoms with Gasteiger partial charge in [-0.3, -0.25) is 4.79 Å². The predicted molar refractivity (Wildman–Crippen MR) is 105 cm³/mol. The van der Waals surface area contributed by atoms with Crippen molar-refractivity contribution < 1.29 is 9.53 Å². The maximum Gasteiger partial charge on any atom is 0.243 e. The molecule has 0 spiro atoms. The van der Waals surface area contributed by atoms with Gasteiger partial charge in [-0.2, -0.15) is 0 Å². The van der Waals surface area contributed by atoms with Crippen LogP contribution in [0.4, 0.5) is 0 Å². The molecule has 0 aromatic carbocycles. The Bertz CT molecular complexity index is 488. The van der Waals surface area contributed by atoms with Crippen molar-refractivity contribution in [3.8, 4) is 0 Å². The van der Waals surface area contributed by atoms with Crippen LogP contribution in [0, 0.1) is 0 Å². The minimum Gasteiger partial charge on any atom is -0.381 e. The van der Waals surface area contributed by atoms with E-state index < -0.39 is 0 Å². The molecule has 2 heterocycles. The second-order valence-electron chi connectivity index (χ2n) is 5.42. The number of nitrogens with zero attached hydrogens (tertiary/aromatic N) is 2. The summed E-state index contributed by atoms with van der Waals surface area (Å²) in [4.78, 5) is 18.9. The van der Waals surface area contributed by atoms with E-state index in [9.17, 15) is 4.79 Å². The summed E-state index contributed by atoms with van der Waals surface area (Å²) < 4.78 is 5.37. The number of halogens is 1. The van der Waals surface area contributed by atoms with Gasteiger partial charge in [0.1, 0.15) is 6.54 Å². The van der Waals surface area contributed by atoms with Crippen LogP contribution in [-0.4, -0.2) is 56.7 Å². The van der Waals surface area contributed by atoms with Gasteiger partial charge in [-0.05, 0) is 24.3 Å². The highest BCUT2D eigenvalue weighted by molar-refractivity contribution is 14.0. The summed E-state index contributed by atoms with van der Waals surface area (Å²) in [5, 5.41) is 8.76. The lowest BCUT2D eigenvalue weighted by Gasteiger charge is -2.25. The molecule has 2 N–H and O–H groups in total. The molecule has 1 saturated heterocycles. The molecule has 23 heavy (non-hydrogen) atoms. The molecule has 1 aliphatic heterocycles. The van der Waals surface area contributed by atoms with E-state index in [0.717, 1.165) is 26.1 Å². The van der Waals surface area contributed by atoms with Gasteiger partial charge in [0, 0.05) is 38.2 Å². The largest absolute Gasteiger partial charge is 0.381 e. The second-order valence-corrected chi connectivity index (χ2v) is 6.45. The van der Waals surface area contributed by atoms with E-state index in [2.05, 4.69) is 27.1 Å². The smallest absolute Gasteiger partial charge is 0.243 e. The molecule has 130 valence electrons. The number of hydrogen-bond acceptors (Lipinski definition) is 4. The molecule has 1 amide bonds. The monoisotopic (exact) mass is 452 g/mol. The van der Waals surface area contributed by atoms with Gasteiger partial charge < -0.3 is 20.3 Å². The number of likely N-dealkylation sites (N-methyl/N-ethyl adjacent to an activating group) is 1. The molecular weight excluding hydrogens is 427 g/mol. The summed E-state index contributed by atoms with van der Waals surface area (Å²) in [6.45, 7) is 2.40. The Balaban J connectivity index is 0.00000264. The Morgan fingerprint density at radius 3 is 2.78 bits per heavy atom. The number of amides is 1. The summed E-state index contributed by atoms with van der Waals surface area (Å²) in [5.74, 6) is 0.680. The van der Waals surface area contributed by atoms with Crippen molar-refractivity contribution in [3.63, 3.8) is 0 Å². The number of nitrogens with one attached hydrogen (secondary N) is 2. The Morgan fingerprint density at radius 1 is 1.43 bits per heavy atom. The van der Waals surface area contributed by atoms with E-state index >= 15 is 0 Å². The number of aliphatic imine (C=N–C) groups is 1. The fourth-order valence-electron chi connectivity index (χ4n) is 2.06. The highest BCUT2D eigenvalue weighted by Gasteiger charge is 2.15. The molecule has 1 aromatic heterocycles. The van der Waals surface area contributed by atoms with Crippen molar-refractivity contribution in [2.24, 2.45) is 4.99 Å². The molecule has 0 saturated carbocycles. The highest BCUT2D eigenvalue weighted by atomic mass is 127. The topological polar surface area (TPSA) is 66.0 Å². The summed E-state index contributed by atoms with van der Waals surface area (Å²) in [6, 6.07) is 4.45. The third-order valence-electron chi connectivity index (χ3n) is 3.44. The summed E-state index contributed by atoms with van der Waals surface area (Å²) >= 11 is 1.70. The first-order valence-corrected chi connectivity index (χ1v) is 8.38. The van der Waals surface area contributed by atoms with Crippen molar-refractivity contribution in [3.05, 3.63) is 22.4 Å². The minimum atomic E-state index is -0.01000. The van der Waals surface area contributed by atoms with Gasteiger partial charge in [0.05, 0.1) is 6.54 Å². The van der Waals surface area contributed by atoms with E-state index in [1.807, 2.05) is 6.07 Å². The minimum absolute atomic E-state index is 0. The quantitative estimate of drug-likeness (QED) is 0.406. The van der Waals surface area contributed by atoms with Crippen LogP contribution in [0.3, 0.4) is 0 Å². The zero-order chi connectivity index (χ0) is 15.8. The number of carbonyl (C=O) groups excluding carboxylic acids is 1. The van der Waals surface area contributed by atoms with Gasteiger partial charge in [0.2, 0.25) is 5.91 Å². The van der Waals surface area contributed by atoms with Crippen LogP contribution in [0.15, 0.2) is 22.5 Å². The number of rotatable bonds is 5. The maximum atomic E-state index is 11.7. The number of hydrogen-bond donors (Lipinski definition) is 2. The highest BCUT2D eigenvalue weighted by Crippen LogP contribution is 2.08. The lowest BCUT2D eigenvalue weighted by molar-refractivity contribution is -0.127. The molecule has 1 aliphatic rings. The van der Waals surface area contributed by atoms with Crippen molar-refractivity contribution >= 4 is 47.2 Å². The SMILES string of the molecule is CN(C)C(=O)CN=C(NCc1cccs1)NC1CCOCC1.I. The molecule has 2 rings (SSSR count). The Kier molecular flexibility index (Phi) is 9.49. The van der Waals surface area contributed by atoms with Crippen LogP contribution in [0.1, 0.15) is 17.7 Å². The summed E-state index contributed by atoms with van der Waals surface area (Å²) in [7, 11) is 3.48. The first kappa shape index (κ1) is 20.2. The van der Waals surface area contributed by atoms with Crippen LogP contribution in [0.5, 0.6) is 0 Å². The number of carbonyl (C=O) groups is 1. The number of thiophene rings is 1. The molecular formula is C15H25IN4O2S. The van der Waals surface area contributed by atoms with Crippen LogP contribution >= 0.6 is 35.3 Å². The first-order valence-electron chi connectivity index (χ1n) is 7.50. The van der Waals surface area contributed by atoms with E-state index in [1.165, 1.54) is 4.88 Å².